The largest absolute Gasteiger partial charge is 0.461 e. The molecule has 0 saturated carbocycles. The van der Waals surface area contributed by atoms with E-state index in [0.717, 1.165) is 0 Å². The van der Waals surface area contributed by atoms with E-state index in [4.69, 9.17) is 39.5 Å². The van der Waals surface area contributed by atoms with Crippen molar-refractivity contribution in [3.63, 3.8) is 0 Å². The van der Waals surface area contributed by atoms with Gasteiger partial charge in [0.1, 0.15) is 12.0 Å². The first kappa shape index (κ1) is 21.9. The Morgan fingerprint density at radius 2 is 1.79 bits per heavy atom. The van der Waals surface area contributed by atoms with Crippen molar-refractivity contribution in [2.24, 2.45) is 4.99 Å². The van der Waals surface area contributed by atoms with Crippen LogP contribution in [0.5, 0.6) is 0 Å². The fourth-order valence-corrected chi connectivity index (χ4v) is 3.98. The van der Waals surface area contributed by atoms with Crippen LogP contribution in [0.3, 0.4) is 0 Å². The van der Waals surface area contributed by atoms with Gasteiger partial charge in [0.05, 0.1) is 6.54 Å². The standard InChI is InChI=1S/C20H15Cl3F3NO2/c1-11(28)29-9-13-3-2-12(4-17(13)23)18-8-19(10-27-18,20(24,25)26)14-5-15(21)7-16(22)6-14/h2-7H,8-10H2,1H3. The molecule has 29 heavy (non-hydrogen) atoms. The van der Waals surface area contributed by atoms with Crippen molar-refractivity contribution >= 4 is 46.5 Å². The molecule has 1 heterocycles. The molecule has 0 amide bonds. The van der Waals surface area contributed by atoms with Crippen LogP contribution in [0.15, 0.2) is 41.4 Å². The third-order valence-electron chi connectivity index (χ3n) is 4.78. The zero-order chi connectivity index (χ0) is 21.4. The Morgan fingerprint density at radius 1 is 1.14 bits per heavy atom. The third-order valence-corrected chi connectivity index (χ3v) is 5.57. The zero-order valence-electron chi connectivity index (χ0n) is 15.1. The summed E-state index contributed by atoms with van der Waals surface area (Å²) in [5.74, 6) is -0.458. The van der Waals surface area contributed by atoms with Crippen LogP contribution >= 0.6 is 34.8 Å². The fraction of sp³-hybridized carbons (Fsp3) is 0.300. The maximum atomic E-state index is 14.1. The van der Waals surface area contributed by atoms with Crippen molar-refractivity contribution in [2.75, 3.05) is 6.54 Å². The van der Waals surface area contributed by atoms with E-state index in [1.54, 1.807) is 12.1 Å². The molecular weight excluding hydrogens is 450 g/mol. The minimum absolute atomic E-state index is 0.0194. The van der Waals surface area contributed by atoms with E-state index >= 15 is 0 Å². The molecule has 1 aliphatic heterocycles. The van der Waals surface area contributed by atoms with Gasteiger partial charge in [-0.15, -0.1) is 0 Å². The number of hydrogen-bond acceptors (Lipinski definition) is 3. The molecule has 3 rings (SSSR count). The molecule has 9 heteroatoms. The molecule has 3 nitrogen and oxygen atoms in total. The van der Waals surface area contributed by atoms with Crippen LogP contribution in [0.1, 0.15) is 30.0 Å². The molecule has 0 aliphatic carbocycles. The summed E-state index contributed by atoms with van der Waals surface area (Å²) in [7, 11) is 0. The lowest BCUT2D eigenvalue weighted by Crippen LogP contribution is -2.43. The molecule has 1 aliphatic rings. The van der Waals surface area contributed by atoms with E-state index in [0.29, 0.717) is 11.1 Å². The number of carbonyl (C=O) groups excluding carboxylic acids is 1. The first-order valence-electron chi connectivity index (χ1n) is 8.50. The average molecular weight is 465 g/mol. The van der Waals surface area contributed by atoms with Gasteiger partial charge in [-0.3, -0.25) is 9.79 Å². The average Bonchev–Trinajstić information content (AvgIpc) is 3.06. The second kappa shape index (κ2) is 8.17. The molecular formula is C20H15Cl3F3NO2. The predicted molar refractivity (Wildman–Crippen MR) is 107 cm³/mol. The van der Waals surface area contributed by atoms with Crippen LogP contribution in [0.4, 0.5) is 13.2 Å². The highest BCUT2D eigenvalue weighted by Crippen LogP contribution is 2.48. The summed E-state index contributed by atoms with van der Waals surface area (Å²) >= 11 is 18.1. The minimum atomic E-state index is -4.56. The number of halogens is 6. The molecule has 154 valence electrons. The van der Waals surface area contributed by atoms with E-state index in [1.165, 1.54) is 31.2 Å². The molecule has 0 saturated heterocycles. The summed E-state index contributed by atoms with van der Waals surface area (Å²) in [6, 6.07) is 8.67. The van der Waals surface area contributed by atoms with Crippen LogP contribution in [0, 0.1) is 0 Å². The predicted octanol–water partition coefficient (Wildman–Crippen LogP) is 6.40. The topological polar surface area (TPSA) is 38.7 Å². The number of esters is 1. The molecule has 0 fully saturated rings. The van der Waals surface area contributed by atoms with E-state index in [1.807, 2.05) is 0 Å². The Morgan fingerprint density at radius 3 is 2.34 bits per heavy atom. The third kappa shape index (κ3) is 4.55. The first-order valence-corrected chi connectivity index (χ1v) is 9.64. The number of aliphatic imine (C=N–C) groups is 1. The maximum Gasteiger partial charge on any atom is 0.400 e. The van der Waals surface area contributed by atoms with Crippen molar-refractivity contribution < 1.29 is 22.7 Å². The van der Waals surface area contributed by atoms with Gasteiger partial charge in [0.25, 0.3) is 0 Å². The summed E-state index contributed by atoms with van der Waals surface area (Å²) in [5.41, 5.74) is -0.952. The van der Waals surface area contributed by atoms with Crippen molar-refractivity contribution in [3.05, 3.63) is 68.2 Å². The van der Waals surface area contributed by atoms with Gasteiger partial charge in [0.2, 0.25) is 0 Å². The Hall–Kier alpha value is -1.76. The molecule has 2 aromatic carbocycles. The van der Waals surface area contributed by atoms with E-state index < -0.39 is 24.1 Å². The molecule has 0 aromatic heterocycles. The fourth-order valence-electron chi connectivity index (χ4n) is 3.22. The smallest absolute Gasteiger partial charge is 0.400 e. The quantitative estimate of drug-likeness (QED) is 0.491. The SMILES string of the molecule is CC(=O)OCc1ccc(C2=NCC(c3cc(Cl)cc(Cl)c3)(C(F)(F)F)C2)cc1Cl. The Balaban J connectivity index is 1.93. The number of benzene rings is 2. The van der Waals surface area contributed by atoms with E-state index in [9.17, 15) is 18.0 Å². The van der Waals surface area contributed by atoms with E-state index in [2.05, 4.69) is 4.99 Å². The summed E-state index contributed by atoms with van der Waals surface area (Å²) < 4.78 is 47.3. The van der Waals surface area contributed by atoms with Crippen molar-refractivity contribution in [2.45, 2.75) is 31.5 Å². The summed E-state index contributed by atoms with van der Waals surface area (Å²) in [6.45, 7) is 0.776. The number of alkyl halides is 3. The lowest BCUT2D eigenvalue weighted by Gasteiger charge is -2.31. The number of carbonyl (C=O) groups is 1. The number of ether oxygens (including phenoxy) is 1. The molecule has 0 radical (unpaired) electrons. The Kier molecular flexibility index (Phi) is 6.18. The van der Waals surface area contributed by atoms with Gasteiger partial charge in [-0.1, -0.05) is 46.9 Å². The first-order chi connectivity index (χ1) is 13.5. The lowest BCUT2D eigenvalue weighted by atomic mass is 9.76. The second-order valence-electron chi connectivity index (χ2n) is 6.76. The Labute approximate surface area is 180 Å². The van der Waals surface area contributed by atoms with Crippen molar-refractivity contribution in [1.82, 2.24) is 0 Å². The highest BCUT2D eigenvalue weighted by molar-refractivity contribution is 6.34. The minimum Gasteiger partial charge on any atom is -0.461 e. The van der Waals surface area contributed by atoms with Gasteiger partial charge in [-0.2, -0.15) is 13.2 Å². The van der Waals surface area contributed by atoms with Crippen molar-refractivity contribution in [1.29, 1.82) is 0 Å². The van der Waals surface area contributed by atoms with Crippen LogP contribution in [-0.4, -0.2) is 24.4 Å². The molecule has 0 N–H and O–H groups in total. The monoisotopic (exact) mass is 463 g/mol. The number of nitrogens with zero attached hydrogens (tertiary/aromatic N) is 1. The number of hydrogen-bond donors (Lipinski definition) is 0. The van der Waals surface area contributed by atoms with Crippen LogP contribution in [0.2, 0.25) is 15.1 Å². The van der Waals surface area contributed by atoms with Gasteiger partial charge in [-0.25, -0.2) is 0 Å². The summed E-state index contributed by atoms with van der Waals surface area (Å²) in [6.07, 6.45) is -4.93. The molecule has 0 bridgehead atoms. The van der Waals surface area contributed by atoms with Crippen molar-refractivity contribution in [3.8, 4) is 0 Å². The molecule has 1 atom stereocenters. The lowest BCUT2D eigenvalue weighted by molar-refractivity contribution is -0.183. The van der Waals surface area contributed by atoms with Gasteiger partial charge < -0.3 is 4.74 Å². The highest BCUT2D eigenvalue weighted by atomic mass is 35.5. The maximum absolute atomic E-state index is 14.1. The normalized spacial score (nSPS) is 19.2. The van der Waals surface area contributed by atoms with Crippen LogP contribution in [0.25, 0.3) is 0 Å². The number of rotatable bonds is 4. The van der Waals surface area contributed by atoms with E-state index in [-0.39, 0.29) is 39.4 Å². The summed E-state index contributed by atoms with van der Waals surface area (Å²) in [4.78, 5) is 15.1. The molecule has 2 aromatic rings. The molecule has 1 unspecified atom stereocenters. The van der Waals surface area contributed by atoms with Gasteiger partial charge in [0.15, 0.2) is 0 Å². The molecule has 0 spiro atoms. The van der Waals surface area contributed by atoms with Gasteiger partial charge >= 0.3 is 12.1 Å². The van der Waals surface area contributed by atoms with Crippen LogP contribution in [-0.2, 0) is 21.6 Å². The van der Waals surface area contributed by atoms with Gasteiger partial charge in [0, 0.05) is 39.7 Å². The zero-order valence-corrected chi connectivity index (χ0v) is 17.4. The highest BCUT2D eigenvalue weighted by Gasteiger charge is 2.58. The second-order valence-corrected chi connectivity index (χ2v) is 8.04. The van der Waals surface area contributed by atoms with Crippen LogP contribution < -0.4 is 0 Å². The summed E-state index contributed by atoms with van der Waals surface area (Å²) in [5, 5.41) is 0.534. The Bertz CT molecular complexity index is 971. The van der Waals surface area contributed by atoms with Gasteiger partial charge in [-0.05, 0) is 35.4 Å².